The standard InChI is InChI=1S/C12H23NO2/c1-12(2,7-9-4-3-5-9)8-10(13)6-11(14)15/h9-10H,3-8,13H2,1-2H3,(H,14,15)/t10-/m1/s1. The molecule has 1 saturated carbocycles. The molecule has 0 unspecified atom stereocenters. The van der Waals surface area contributed by atoms with Crippen LogP contribution in [-0.2, 0) is 4.79 Å². The van der Waals surface area contributed by atoms with Crippen LogP contribution in [0.1, 0.15) is 52.4 Å². The van der Waals surface area contributed by atoms with E-state index in [-0.39, 0.29) is 17.9 Å². The molecule has 0 amide bonds. The second-order valence-electron chi connectivity index (χ2n) is 5.73. The van der Waals surface area contributed by atoms with Crippen LogP contribution in [-0.4, -0.2) is 17.1 Å². The first kappa shape index (κ1) is 12.5. The van der Waals surface area contributed by atoms with Crippen LogP contribution in [0.4, 0.5) is 0 Å². The van der Waals surface area contributed by atoms with Crippen LogP contribution in [0.3, 0.4) is 0 Å². The van der Waals surface area contributed by atoms with E-state index in [1.54, 1.807) is 0 Å². The summed E-state index contributed by atoms with van der Waals surface area (Å²) < 4.78 is 0. The quantitative estimate of drug-likeness (QED) is 0.712. The van der Waals surface area contributed by atoms with Crippen molar-refractivity contribution < 1.29 is 9.90 Å². The second-order valence-corrected chi connectivity index (χ2v) is 5.73. The number of rotatable bonds is 6. The molecule has 3 heteroatoms. The molecule has 1 fully saturated rings. The zero-order valence-electron chi connectivity index (χ0n) is 9.83. The van der Waals surface area contributed by atoms with E-state index in [1.165, 1.54) is 25.7 Å². The van der Waals surface area contributed by atoms with Gasteiger partial charge in [0.1, 0.15) is 0 Å². The highest BCUT2D eigenvalue weighted by molar-refractivity contribution is 5.67. The number of hydrogen-bond donors (Lipinski definition) is 2. The van der Waals surface area contributed by atoms with Crippen LogP contribution in [0.5, 0.6) is 0 Å². The minimum Gasteiger partial charge on any atom is -0.481 e. The maximum Gasteiger partial charge on any atom is 0.304 e. The highest BCUT2D eigenvalue weighted by atomic mass is 16.4. The summed E-state index contributed by atoms with van der Waals surface area (Å²) in [6, 6.07) is -0.197. The molecule has 1 aliphatic rings. The third kappa shape index (κ3) is 4.65. The highest BCUT2D eigenvalue weighted by Crippen LogP contribution is 2.39. The summed E-state index contributed by atoms with van der Waals surface area (Å²) in [6.45, 7) is 4.40. The topological polar surface area (TPSA) is 63.3 Å². The Morgan fingerprint density at radius 2 is 2.13 bits per heavy atom. The Kier molecular flexibility index (Phi) is 4.14. The van der Waals surface area contributed by atoms with Crippen molar-refractivity contribution in [1.82, 2.24) is 0 Å². The number of carbonyl (C=O) groups is 1. The largest absolute Gasteiger partial charge is 0.481 e. The zero-order chi connectivity index (χ0) is 11.5. The van der Waals surface area contributed by atoms with Gasteiger partial charge in [0.15, 0.2) is 0 Å². The van der Waals surface area contributed by atoms with Gasteiger partial charge in [-0.1, -0.05) is 33.1 Å². The van der Waals surface area contributed by atoms with Crippen LogP contribution in [0.25, 0.3) is 0 Å². The van der Waals surface area contributed by atoms with Crippen molar-refractivity contribution in [2.75, 3.05) is 0 Å². The molecule has 0 aliphatic heterocycles. The lowest BCUT2D eigenvalue weighted by molar-refractivity contribution is -0.137. The fourth-order valence-electron chi connectivity index (χ4n) is 2.57. The van der Waals surface area contributed by atoms with Crippen molar-refractivity contribution in [3.8, 4) is 0 Å². The fraction of sp³-hybridized carbons (Fsp3) is 0.917. The average Bonchev–Trinajstić information content (AvgIpc) is 1.94. The molecule has 0 saturated heterocycles. The highest BCUT2D eigenvalue weighted by Gasteiger charge is 2.29. The number of hydrogen-bond acceptors (Lipinski definition) is 2. The molecular formula is C12H23NO2. The first-order valence-electron chi connectivity index (χ1n) is 5.86. The van der Waals surface area contributed by atoms with E-state index in [1.807, 2.05) is 0 Å². The van der Waals surface area contributed by atoms with Crippen molar-refractivity contribution in [3.63, 3.8) is 0 Å². The third-order valence-corrected chi connectivity index (χ3v) is 3.32. The smallest absolute Gasteiger partial charge is 0.304 e. The van der Waals surface area contributed by atoms with Gasteiger partial charge in [-0.2, -0.15) is 0 Å². The van der Waals surface area contributed by atoms with Crippen molar-refractivity contribution in [2.45, 2.75) is 58.4 Å². The summed E-state index contributed by atoms with van der Waals surface area (Å²) >= 11 is 0. The maximum absolute atomic E-state index is 10.5. The van der Waals surface area contributed by atoms with Gasteiger partial charge in [-0.25, -0.2) is 0 Å². The fourth-order valence-corrected chi connectivity index (χ4v) is 2.57. The molecular weight excluding hydrogens is 190 g/mol. The molecule has 0 bridgehead atoms. The number of carboxylic acid groups (broad SMARTS) is 1. The van der Waals surface area contributed by atoms with Gasteiger partial charge in [0, 0.05) is 6.04 Å². The van der Waals surface area contributed by atoms with Gasteiger partial charge in [-0.15, -0.1) is 0 Å². The summed E-state index contributed by atoms with van der Waals surface area (Å²) in [5.41, 5.74) is 6.01. The first-order chi connectivity index (χ1) is 6.89. The van der Waals surface area contributed by atoms with E-state index in [0.29, 0.717) is 0 Å². The Morgan fingerprint density at radius 3 is 2.53 bits per heavy atom. The Labute approximate surface area is 92.0 Å². The predicted molar refractivity (Wildman–Crippen MR) is 60.6 cm³/mol. The molecule has 3 N–H and O–H groups in total. The summed E-state index contributed by atoms with van der Waals surface area (Å²) in [6.07, 6.45) is 6.15. The Hall–Kier alpha value is -0.570. The van der Waals surface area contributed by atoms with Gasteiger partial charge >= 0.3 is 5.97 Å². The van der Waals surface area contributed by atoms with E-state index in [9.17, 15) is 4.79 Å². The summed E-state index contributed by atoms with van der Waals surface area (Å²) in [5, 5.41) is 8.64. The first-order valence-corrected chi connectivity index (χ1v) is 5.86. The summed E-state index contributed by atoms with van der Waals surface area (Å²) in [7, 11) is 0. The number of aliphatic carboxylic acids is 1. The van der Waals surface area contributed by atoms with Crippen LogP contribution in [0.15, 0.2) is 0 Å². The van der Waals surface area contributed by atoms with Gasteiger partial charge in [-0.05, 0) is 24.2 Å². The van der Waals surface area contributed by atoms with E-state index in [4.69, 9.17) is 10.8 Å². The SMILES string of the molecule is CC(C)(CC1CCC1)C[C@H](N)CC(=O)O. The third-order valence-electron chi connectivity index (χ3n) is 3.32. The zero-order valence-corrected chi connectivity index (χ0v) is 9.83. The van der Waals surface area contributed by atoms with Crippen LogP contribution < -0.4 is 5.73 Å². The van der Waals surface area contributed by atoms with Gasteiger partial charge in [0.2, 0.25) is 0 Å². The molecule has 0 aromatic heterocycles. The molecule has 0 spiro atoms. The lowest BCUT2D eigenvalue weighted by atomic mass is 9.71. The molecule has 1 atom stereocenters. The molecule has 88 valence electrons. The Morgan fingerprint density at radius 1 is 1.53 bits per heavy atom. The molecule has 0 aromatic carbocycles. The molecule has 15 heavy (non-hydrogen) atoms. The number of carboxylic acids is 1. The van der Waals surface area contributed by atoms with Crippen molar-refractivity contribution in [2.24, 2.45) is 17.1 Å². The van der Waals surface area contributed by atoms with E-state index in [2.05, 4.69) is 13.8 Å². The van der Waals surface area contributed by atoms with E-state index < -0.39 is 5.97 Å². The molecule has 3 nitrogen and oxygen atoms in total. The van der Waals surface area contributed by atoms with Gasteiger partial charge in [0.05, 0.1) is 6.42 Å². The Balaban J connectivity index is 2.29. The number of nitrogens with two attached hydrogens (primary N) is 1. The summed E-state index contributed by atoms with van der Waals surface area (Å²) in [5.74, 6) is 0.0685. The molecule has 1 aliphatic carbocycles. The molecule has 0 radical (unpaired) electrons. The molecule has 1 rings (SSSR count). The normalized spacial score (nSPS) is 19.7. The van der Waals surface area contributed by atoms with Gasteiger partial charge < -0.3 is 10.8 Å². The van der Waals surface area contributed by atoms with Crippen molar-refractivity contribution >= 4 is 5.97 Å². The Bertz CT molecular complexity index is 222. The van der Waals surface area contributed by atoms with Gasteiger partial charge in [-0.3, -0.25) is 4.79 Å². The van der Waals surface area contributed by atoms with Crippen molar-refractivity contribution in [3.05, 3.63) is 0 Å². The maximum atomic E-state index is 10.5. The van der Waals surface area contributed by atoms with Crippen LogP contribution >= 0.6 is 0 Å². The minimum absolute atomic E-state index is 0.0914. The predicted octanol–water partition coefficient (Wildman–Crippen LogP) is 2.39. The minimum atomic E-state index is -0.790. The lowest BCUT2D eigenvalue weighted by Gasteiger charge is -2.35. The molecule has 0 aromatic rings. The monoisotopic (exact) mass is 213 g/mol. The summed E-state index contributed by atoms with van der Waals surface area (Å²) in [4.78, 5) is 10.5. The van der Waals surface area contributed by atoms with Gasteiger partial charge in [0.25, 0.3) is 0 Å². The van der Waals surface area contributed by atoms with E-state index >= 15 is 0 Å². The average molecular weight is 213 g/mol. The van der Waals surface area contributed by atoms with Crippen LogP contribution in [0, 0.1) is 11.3 Å². The lowest BCUT2D eigenvalue weighted by Crippen LogP contribution is -2.32. The molecule has 0 heterocycles. The van der Waals surface area contributed by atoms with E-state index in [0.717, 1.165) is 12.3 Å². The van der Waals surface area contributed by atoms with Crippen LogP contribution in [0.2, 0.25) is 0 Å². The van der Waals surface area contributed by atoms with Crippen molar-refractivity contribution in [1.29, 1.82) is 0 Å². The second kappa shape index (κ2) is 4.97.